The molecule has 0 saturated heterocycles. The molecule has 3 rings (SSSR count). The van der Waals surface area contributed by atoms with Crippen LogP contribution in [-0.2, 0) is 0 Å². The molecule has 0 amide bonds. The summed E-state index contributed by atoms with van der Waals surface area (Å²) < 4.78 is 16.6. The van der Waals surface area contributed by atoms with Crippen LogP contribution in [0.5, 0.6) is 11.5 Å². The summed E-state index contributed by atoms with van der Waals surface area (Å²) in [6, 6.07) is 15.5. The number of methoxy groups -OCH3 is 2. The largest absolute Gasteiger partial charge is 0.493 e. The predicted molar refractivity (Wildman–Crippen MR) is 80.5 cm³/mol. The number of aromatic nitrogens is 1. The first-order valence-electron chi connectivity index (χ1n) is 6.56. The van der Waals surface area contributed by atoms with Crippen LogP contribution in [0.4, 0.5) is 0 Å². The van der Waals surface area contributed by atoms with E-state index >= 15 is 0 Å². The summed E-state index contributed by atoms with van der Waals surface area (Å²) >= 11 is 0. The lowest BCUT2D eigenvalue weighted by Crippen LogP contribution is -1.93. The van der Waals surface area contributed by atoms with Gasteiger partial charge in [0.05, 0.1) is 26.0 Å². The van der Waals surface area contributed by atoms with Crippen molar-refractivity contribution in [3.05, 3.63) is 54.7 Å². The first kappa shape index (κ1) is 13.2. The zero-order chi connectivity index (χ0) is 14.7. The number of rotatable bonds is 4. The average Bonchev–Trinajstić information content (AvgIpc) is 3.04. The van der Waals surface area contributed by atoms with Gasteiger partial charge in [-0.05, 0) is 12.1 Å². The van der Waals surface area contributed by atoms with E-state index in [1.165, 1.54) is 0 Å². The molecule has 0 N–H and O–H groups in total. The van der Waals surface area contributed by atoms with E-state index in [1.54, 1.807) is 20.4 Å². The first-order valence-corrected chi connectivity index (χ1v) is 6.56. The van der Waals surface area contributed by atoms with Crippen LogP contribution in [0.15, 0.2) is 59.1 Å². The molecular weight excluding hydrogens is 266 g/mol. The maximum Gasteiger partial charge on any atom is 0.230 e. The number of nitrogens with zero attached hydrogens (tertiary/aromatic N) is 1. The lowest BCUT2D eigenvalue weighted by atomic mass is 10.2. The van der Waals surface area contributed by atoms with Gasteiger partial charge in [-0.1, -0.05) is 36.4 Å². The normalized spacial score (nSPS) is 10.4. The molecule has 21 heavy (non-hydrogen) atoms. The number of oxazole rings is 1. The Balaban J connectivity index is 2.05. The van der Waals surface area contributed by atoms with Gasteiger partial charge in [-0.3, -0.25) is 0 Å². The summed E-state index contributed by atoms with van der Waals surface area (Å²) in [4.78, 5) is 4.34. The highest BCUT2D eigenvalue weighted by Gasteiger charge is 2.16. The fraction of sp³-hybridized carbons (Fsp3) is 0.118. The number of hydrogen-bond donors (Lipinski definition) is 0. The van der Waals surface area contributed by atoms with E-state index in [1.807, 2.05) is 48.5 Å². The van der Waals surface area contributed by atoms with Gasteiger partial charge in [0, 0.05) is 5.56 Å². The van der Waals surface area contributed by atoms with Gasteiger partial charge in [-0.15, -0.1) is 0 Å². The molecule has 3 aromatic rings. The second-order valence-electron chi connectivity index (χ2n) is 4.44. The van der Waals surface area contributed by atoms with Gasteiger partial charge in [0.25, 0.3) is 0 Å². The molecule has 0 unspecified atom stereocenters. The minimum Gasteiger partial charge on any atom is -0.493 e. The maximum atomic E-state index is 5.85. The number of para-hydroxylation sites is 1. The minimum atomic E-state index is 0.504. The summed E-state index contributed by atoms with van der Waals surface area (Å²) in [6.45, 7) is 0. The molecule has 2 aromatic carbocycles. The average molecular weight is 281 g/mol. The molecule has 1 aromatic heterocycles. The minimum absolute atomic E-state index is 0.504. The van der Waals surface area contributed by atoms with E-state index in [2.05, 4.69) is 4.98 Å². The molecule has 4 heteroatoms. The molecule has 1 heterocycles. The number of hydrogen-bond acceptors (Lipinski definition) is 4. The molecule has 4 nitrogen and oxygen atoms in total. The Labute approximate surface area is 123 Å². The fourth-order valence-corrected chi connectivity index (χ4v) is 2.19. The van der Waals surface area contributed by atoms with Gasteiger partial charge < -0.3 is 13.9 Å². The summed E-state index contributed by atoms with van der Waals surface area (Å²) in [7, 11) is 3.20. The highest BCUT2D eigenvalue weighted by molar-refractivity contribution is 5.69. The van der Waals surface area contributed by atoms with Gasteiger partial charge in [-0.2, -0.15) is 0 Å². The summed E-state index contributed by atoms with van der Waals surface area (Å²) in [5.41, 5.74) is 1.75. The molecule has 0 aliphatic rings. The first-order chi connectivity index (χ1) is 10.3. The van der Waals surface area contributed by atoms with Crippen molar-refractivity contribution in [2.45, 2.75) is 0 Å². The summed E-state index contributed by atoms with van der Waals surface area (Å²) in [6.07, 6.45) is 1.71. The van der Waals surface area contributed by atoms with Crippen molar-refractivity contribution < 1.29 is 13.9 Å². The third-order valence-electron chi connectivity index (χ3n) is 3.20. The lowest BCUT2D eigenvalue weighted by molar-refractivity contribution is 0.355. The molecule has 0 spiro atoms. The number of ether oxygens (including phenoxy) is 2. The highest BCUT2D eigenvalue weighted by Crippen LogP contribution is 2.38. The van der Waals surface area contributed by atoms with Crippen LogP contribution < -0.4 is 9.47 Å². The van der Waals surface area contributed by atoms with Crippen LogP contribution >= 0.6 is 0 Å². The van der Waals surface area contributed by atoms with E-state index in [-0.39, 0.29) is 0 Å². The van der Waals surface area contributed by atoms with Gasteiger partial charge in [0.2, 0.25) is 5.89 Å². The van der Waals surface area contributed by atoms with Crippen LogP contribution in [-0.4, -0.2) is 19.2 Å². The molecule has 0 saturated carbocycles. The second-order valence-corrected chi connectivity index (χ2v) is 4.44. The summed E-state index contributed by atoms with van der Waals surface area (Å²) in [5.74, 6) is 2.48. The lowest BCUT2D eigenvalue weighted by Gasteiger charge is -2.10. The zero-order valence-electron chi connectivity index (χ0n) is 11.9. The van der Waals surface area contributed by atoms with E-state index in [0.29, 0.717) is 17.4 Å². The topological polar surface area (TPSA) is 44.5 Å². The van der Waals surface area contributed by atoms with E-state index in [0.717, 1.165) is 16.9 Å². The standard InChI is InChI=1S/C17H15NO3/c1-19-14-10-6-9-13(16(14)20-2)17-18-11-15(21-17)12-7-4-3-5-8-12/h3-11H,1-2H3. The Bertz CT molecular complexity index is 735. The van der Waals surface area contributed by atoms with Gasteiger partial charge in [-0.25, -0.2) is 4.98 Å². The smallest absolute Gasteiger partial charge is 0.230 e. The third kappa shape index (κ3) is 2.48. The molecular formula is C17H15NO3. The molecule has 0 aliphatic carbocycles. The van der Waals surface area contributed by atoms with Crippen molar-refractivity contribution >= 4 is 0 Å². The van der Waals surface area contributed by atoms with Crippen LogP contribution in [0.25, 0.3) is 22.8 Å². The SMILES string of the molecule is COc1cccc(-c2ncc(-c3ccccc3)o2)c1OC. The second kappa shape index (κ2) is 5.71. The maximum absolute atomic E-state index is 5.85. The van der Waals surface area contributed by atoms with Crippen molar-refractivity contribution in [1.82, 2.24) is 4.98 Å². The van der Waals surface area contributed by atoms with Crippen molar-refractivity contribution in [1.29, 1.82) is 0 Å². The molecule has 0 fully saturated rings. The Morgan fingerprint density at radius 3 is 2.43 bits per heavy atom. The van der Waals surface area contributed by atoms with Gasteiger partial charge in [0.15, 0.2) is 17.3 Å². The Hall–Kier alpha value is -2.75. The van der Waals surface area contributed by atoms with Crippen LogP contribution in [0, 0.1) is 0 Å². The van der Waals surface area contributed by atoms with Crippen molar-refractivity contribution in [3.63, 3.8) is 0 Å². The zero-order valence-corrected chi connectivity index (χ0v) is 11.9. The van der Waals surface area contributed by atoms with Gasteiger partial charge >= 0.3 is 0 Å². The Morgan fingerprint density at radius 2 is 1.71 bits per heavy atom. The molecule has 0 aliphatic heterocycles. The van der Waals surface area contributed by atoms with E-state index in [9.17, 15) is 0 Å². The Kier molecular flexibility index (Phi) is 3.60. The molecule has 0 radical (unpaired) electrons. The van der Waals surface area contributed by atoms with E-state index in [4.69, 9.17) is 13.9 Å². The van der Waals surface area contributed by atoms with Crippen LogP contribution in [0.2, 0.25) is 0 Å². The Morgan fingerprint density at radius 1 is 0.905 bits per heavy atom. The fourth-order valence-electron chi connectivity index (χ4n) is 2.19. The van der Waals surface area contributed by atoms with Crippen LogP contribution in [0.3, 0.4) is 0 Å². The van der Waals surface area contributed by atoms with E-state index < -0.39 is 0 Å². The molecule has 0 bridgehead atoms. The molecule has 0 atom stereocenters. The molecule has 106 valence electrons. The summed E-state index contributed by atoms with van der Waals surface area (Å²) in [5, 5.41) is 0. The quantitative estimate of drug-likeness (QED) is 0.724. The highest BCUT2D eigenvalue weighted by atomic mass is 16.5. The number of benzene rings is 2. The van der Waals surface area contributed by atoms with Crippen molar-refractivity contribution in [2.24, 2.45) is 0 Å². The van der Waals surface area contributed by atoms with Crippen LogP contribution in [0.1, 0.15) is 0 Å². The third-order valence-corrected chi connectivity index (χ3v) is 3.20. The van der Waals surface area contributed by atoms with Crippen molar-refractivity contribution in [2.75, 3.05) is 14.2 Å². The monoisotopic (exact) mass is 281 g/mol. The predicted octanol–water partition coefficient (Wildman–Crippen LogP) is 4.03. The van der Waals surface area contributed by atoms with Gasteiger partial charge in [0.1, 0.15) is 0 Å². The van der Waals surface area contributed by atoms with Crippen molar-refractivity contribution in [3.8, 4) is 34.3 Å².